The van der Waals surface area contributed by atoms with Crippen LogP contribution in [0.3, 0.4) is 0 Å². The average molecular weight is 342 g/mol. The number of aliphatic carboxylic acids is 1. The van der Waals surface area contributed by atoms with Crippen LogP contribution in [0.5, 0.6) is 0 Å². The first-order valence-corrected chi connectivity index (χ1v) is 8.85. The third kappa shape index (κ3) is 4.25. The van der Waals surface area contributed by atoms with Gasteiger partial charge in [0.15, 0.2) is 0 Å². The molecular weight excluding hydrogens is 316 g/mol. The number of hydrogen-bond donors (Lipinski definition) is 1. The van der Waals surface area contributed by atoms with Gasteiger partial charge < -0.3 is 5.11 Å². The Morgan fingerprint density at radius 2 is 2.16 bits per heavy atom. The van der Waals surface area contributed by atoms with Gasteiger partial charge in [-0.05, 0) is 57.4 Å². The average Bonchev–Trinajstić information content (AvgIpc) is 3.11. The van der Waals surface area contributed by atoms with Gasteiger partial charge in [-0.2, -0.15) is 5.10 Å². The van der Waals surface area contributed by atoms with Gasteiger partial charge in [0, 0.05) is 37.5 Å². The molecule has 1 aliphatic heterocycles. The van der Waals surface area contributed by atoms with E-state index in [2.05, 4.69) is 29.2 Å². The van der Waals surface area contributed by atoms with Crippen molar-refractivity contribution in [1.29, 1.82) is 0 Å². The molecule has 3 heterocycles. The predicted octanol–water partition coefficient (Wildman–Crippen LogP) is 2.79. The predicted molar refractivity (Wildman–Crippen MR) is 95.3 cm³/mol. The first-order valence-electron chi connectivity index (χ1n) is 8.85. The molecule has 2 aromatic rings. The third-order valence-corrected chi connectivity index (χ3v) is 4.85. The number of pyridine rings is 1. The largest absolute Gasteiger partial charge is 0.481 e. The van der Waals surface area contributed by atoms with Crippen LogP contribution in [0.25, 0.3) is 0 Å². The Morgan fingerprint density at radius 1 is 1.36 bits per heavy atom. The SMILES string of the molecule is Cc1cc(CCC(=O)O)cc([C@@H]2CCCN2Cc2cn(C)nc2C)n1. The Bertz CT molecular complexity index is 769. The highest BCUT2D eigenvalue weighted by atomic mass is 16.4. The summed E-state index contributed by atoms with van der Waals surface area (Å²) in [5.74, 6) is -0.759. The summed E-state index contributed by atoms with van der Waals surface area (Å²) in [5, 5.41) is 13.4. The Morgan fingerprint density at radius 3 is 2.84 bits per heavy atom. The van der Waals surface area contributed by atoms with Crippen LogP contribution in [0, 0.1) is 13.8 Å². The molecule has 3 rings (SSSR count). The molecule has 25 heavy (non-hydrogen) atoms. The lowest BCUT2D eigenvalue weighted by molar-refractivity contribution is -0.136. The Kier molecular flexibility index (Phi) is 5.18. The molecule has 0 amide bonds. The van der Waals surface area contributed by atoms with Crippen LogP contribution in [-0.2, 0) is 24.8 Å². The second-order valence-electron chi connectivity index (χ2n) is 6.98. The van der Waals surface area contributed by atoms with Crippen LogP contribution in [0.4, 0.5) is 0 Å². The molecule has 1 saturated heterocycles. The van der Waals surface area contributed by atoms with Gasteiger partial charge in [0.2, 0.25) is 0 Å². The molecule has 0 radical (unpaired) electrons. The Labute approximate surface area is 148 Å². The number of carboxylic acid groups (broad SMARTS) is 1. The van der Waals surface area contributed by atoms with Crippen molar-refractivity contribution in [3.8, 4) is 0 Å². The molecule has 1 fully saturated rings. The fraction of sp³-hybridized carbons (Fsp3) is 0.526. The van der Waals surface area contributed by atoms with E-state index in [0.29, 0.717) is 12.5 Å². The van der Waals surface area contributed by atoms with E-state index in [1.54, 1.807) is 0 Å². The van der Waals surface area contributed by atoms with E-state index in [1.807, 2.05) is 24.7 Å². The molecule has 0 aromatic carbocycles. The fourth-order valence-electron chi connectivity index (χ4n) is 3.71. The zero-order valence-electron chi connectivity index (χ0n) is 15.2. The summed E-state index contributed by atoms with van der Waals surface area (Å²) in [6, 6.07) is 4.38. The van der Waals surface area contributed by atoms with Crippen molar-refractivity contribution in [1.82, 2.24) is 19.7 Å². The summed E-state index contributed by atoms with van der Waals surface area (Å²) in [5.41, 5.74) is 5.43. The van der Waals surface area contributed by atoms with Gasteiger partial charge in [-0.1, -0.05) is 0 Å². The van der Waals surface area contributed by atoms with Gasteiger partial charge in [0.05, 0.1) is 17.4 Å². The molecule has 0 bridgehead atoms. The van der Waals surface area contributed by atoms with Crippen molar-refractivity contribution < 1.29 is 9.90 Å². The van der Waals surface area contributed by atoms with Gasteiger partial charge >= 0.3 is 5.97 Å². The van der Waals surface area contributed by atoms with E-state index in [9.17, 15) is 4.79 Å². The van der Waals surface area contributed by atoms with Crippen molar-refractivity contribution in [2.75, 3.05) is 6.54 Å². The fourth-order valence-corrected chi connectivity index (χ4v) is 3.71. The normalized spacial score (nSPS) is 18.0. The maximum absolute atomic E-state index is 10.9. The lowest BCUT2D eigenvalue weighted by Gasteiger charge is -2.24. The molecule has 1 aliphatic rings. The number of aryl methyl sites for hydroxylation is 4. The topological polar surface area (TPSA) is 71.2 Å². The van der Waals surface area contributed by atoms with E-state index in [0.717, 1.165) is 48.6 Å². The zero-order valence-corrected chi connectivity index (χ0v) is 15.2. The Balaban J connectivity index is 1.79. The van der Waals surface area contributed by atoms with E-state index >= 15 is 0 Å². The molecule has 0 spiro atoms. The summed E-state index contributed by atoms with van der Waals surface area (Å²) in [6.07, 6.45) is 5.05. The summed E-state index contributed by atoms with van der Waals surface area (Å²) in [4.78, 5) is 18.1. The first-order chi connectivity index (χ1) is 11.9. The molecule has 2 aromatic heterocycles. The van der Waals surface area contributed by atoms with E-state index in [1.165, 1.54) is 5.56 Å². The van der Waals surface area contributed by atoms with Crippen molar-refractivity contribution in [2.45, 2.75) is 52.1 Å². The van der Waals surface area contributed by atoms with Crippen LogP contribution in [0.2, 0.25) is 0 Å². The van der Waals surface area contributed by atoms with Crippen LogP contribution >= 0.6 is 0 Å². The van der Waals surface area contributed by atoms with E-state index < -0.39 is 5.97 Å². The molecule has 6 heteroatoms. The highest BCUT2D eigenvalue weighted by molar-refractivity contribution is 5.67. The zero-order chi connectivity index (χ0) is 18.0. The maximum atomic E-state index is 10.9. The summed E-state index contributed by atoms with van der Waals surface area (Å²) in [7, 11) is 1.95. The van der Waals surface area contributed by atoms with Gasteiger partial charge in [0.25, 0.3) is 0 Å². The van der Waals surface area contributed by atoms with Gasteiger partial charge in [-0.15, -0.1) is 0 Å². The standard InChI is InChI=1S/C19H26N4O2/c1-13-9-15(6-7-19(24)25)10-17(20-13)18-5-4-8-23(18)12-16-11-22(3)21-14(16)2/h9-11,18H,4-8,12H2,1-3H3,(H,24,25)/t18-/m0/s1. The van der Waals surface area contributed by atoms with Crippen LogP contribution in [0.15, 0.2) is 18.3 Å². The smallest absolute Gasteiger partial charge is 0.303 e. The van der Waals surface area contributed by atoms with Crippen molar-refractivity contribution in [3.05, 3.63) is 46.5 Å². The first kappa shape index (κ1) is 17.6. The molecule has 1 atom stereocenters. The van der Waals surface area contributed by atoms with Crippen molar-refractivity contribution >= 4 is 5.97 Å². The number of nitrogens with zero attached hydrogens (tertiary/aromatic N) is 4. The van der Waals surface area contributed by atoms with E-state index in [-0.39, 0.29) is 6.42 Å². The van der Waals surface area contributed by atoms with Gasteiger partial charge in [-0.25, -0.2) is 0 Å². The number of aromatic nitrogens is 3. The van der Waals surface area contributed by atoms with Gasteiger partial charge in [0.1, 0.15) is 0 Å². The number of rotatable bonds is 6. The molecule has 0 saturated carbocycles. The van der Waals surface area contributed by atoms with Crippen molar-refractivity contribution in [2.24, 2.45) is 7.05 Å². The van der Waals surface area contributed by atoms with E-state index in [4.69, 9.17) is 10.1 Å². The molecule has 0 unspecified atom stereocenters. The molecule has 134 valence electrons. The summed E-state index contributed by atoms with van der Waals surface area (Å²) < 4.78 is 1.87. The molecule has 6 nitrogen and oxygen atoms in total. The molecule has 1 N–H and O–H groups in total. The highest BCUT2D eigenvalue weighted by Gasteiger charge is 2.28. The highest BCUT2D eigenvalue weighted by Crippen LogP contribution is 2.33. The van der Waals surface area contributed by atoms with Crippen LogP contribution in [0.1, 0.15) is 53.5 Å². The number of likely N-dealkylation sites (tertiary alicyclic amines) is 1. The maximum Gasteiger partial charge on any atom is 0.303 e. The second kappa shape index (κ2) is 7.35. The van der Waals surface area contributed by atoms with Crippen LogP contribution < -0.4 is 0 Å². The second-order valence-corrected chi connectivity index (χ2v) is 6.98. The summed E-state index contributed by atoms with van der Waals surface area (Å²) in [6.45, 7) is 5.97. The lowest BCUT2D eigenvalue weighted by atomic mass is 10.0. The molecule has 0 aliphatic carbocycles. The molecular formula is C19H26N4O2. The van der Waals surface area contributed by atoms with Crippen molar-refractivity contribution in [3.63, 3.8) is 0 Å². The Hall–Kier alpha value is -2.21. The third-order valence-electron chi connectivity index (χ3n) is 4.85. The minimum absolute atomic E-state index is 0.159. The number of carboxylic acids is 1. The van der Waals surface area contributed by atoms with Crippen LogP contribution in [-0.4, -0.2) is 37.3 Å². The quantitative estimate of drug-likeness (QED) is 0.874. The number of carbonyl (C=O) groups is 1. The van der Waals surface area contributed by atoms with Gasteiger partial charge in [-0.3, -0.25) is 19.4 Å². The minimum Gasteiger partial charge on any atom is -0.481 e. The minimum atomic E-state index is -0.759. The monoisotopic (exact) mass is 342 g/mol. The summed E-state index contributed by atoms with van der Waals surface area (Å²) >= 11 is 0. The number of hydrogen-bond acceptors (Lipinski definition) is 4. The lowest BCUT2D eigenvalue weighted by Crippen LogP contribution is -2.24.